The van der Waals surface area contributed by atoms with Crippen LogP contribution in [0.1, 0.15) is 110 Å². The highest BCUT2D eigenvalue weighted by Gasteiger charge is 2.23. The second kappa shape index (κ2) is 24.7. The van der Waals surface area contributed by atoms with Crippen LogP contribution in [-0.2, 0) is 6.42 Å². The van der Waals surface area contributed by atoms with Crippen LogP contribution in [0.5, 0.6) is 23.0 Å². The molecule has 3 rings (SSSR count). The minimum absolute atomic E-state index is 0.0235. The maximum Gasteiger partial charge on any atom is 0.251 e. The zero-order chi connectivity index (χ0) is 37.4. The molecule has 2 amide bonds. The molecule has 0 heterocycles. The van der Waals surface area contributed by atoms with Gasteiger partial charge in [-0.1, -0.05) is 0 Å². The molecule has 11 nitrogen and oxygen atoms in total. The average Bonchev–Trinajstić information content (AvgIpc) is 3.13. The second-order valence-corrected chi connectivity index (χ2v) is 13.1. The van der Waals surface area contributed by atoms with E-state index in [1.54, 1.807) is 30.3 Å². The van der Waals surface area contributed by atoms with Gasteiger partial charge in [-0.2, -0.15) is 0 Å². The maximum atomic E-state index is 13.4. The highest BCUT2D eigenvalue weighted by molar-refractivity contribution is 5.96. The van der Waals surface area contributed by atoms with Crippen molar-refractivity contribution in [1.29, 1.82) is 0 Å². The molecule has 52 heavy (non-hydrogen) atoms. The predicted molar refractivity (Wildman–Crippen MR) is 206 cm³/mol. The normalized spacial score (nSPS) is 15.2. The van der Waals surface area contributed by atoms with Crippen LogP contribution in [0.25, 0.3) is 0 Å². The van der Waals surface area contributed by atoms with E-state index >= 15 is 0 Å². The molecule has 1 saturated carbocycles. The molecule has 2 aromatic carbocycles. The number of rotatable bonds is 25. The summed E-state index contributed by atoms with van der Waals surface area (Å²) in [6.07, 6.45) is 21.5. The Morgan fingerprint density at radius 3 is 1.81 bits per heavy atom. The van der Waals surface area contributed by atoms with E-state index < -0.39 is 0 Å². The molecule has 0 aromatic heterocycles. The van der Waals surface area contributed by atoms with Crippen molar-refractivity contribution in [1.82, 2.24) is 10.6 Å². The van der Waals surface area contributed by atoms with E-state index in [-0.39, 0.29) is 23.9 Å². The van der Waals surface area contributed by atoms with Crippen molar-refractivity contribution in [3.63, 3.8) is 0 Å². The van der Waals surface area contributed by atoms with Gasteiger partial charge in [0, 0.05) is 54.2 Å². The van der Waals surface area contributed by atoms with E-state index in [1.165, 1.54) is 0 Å². The highest BCUT2D eigenvalue weighted by atomic mass is 16.5. The first kappa shape index (κ1) is 42.0. The van der Waals surface area contributed by atoms with Crippen molar-refractivity contribution in [2.24, 2.45) is 17.2 Å². The first-order chi connectivity index (χ1) is 25.4. The number of carbonyl (C=O) groups is 2. The van der Waals surface area contributed by atoms with E-state index in [9.17, 15) is 9.59 Å². The van der Waals surface area contributed by atoms with Gasteiger partial charge in [0.1, 0.15) is 23.0 Å². The predicted octanol–water partition coefficient (Wildman–Crippen LogP) is 4.87. The van der Waals surface area contributed by atoms with Crippen LogP contribution in [-0.4, -0.2) is 70.0 Å². The number of amides is 2. The van der Waals surface area contributed by atoms with Crippen LogP contribution in [0.15, 0.2) is 30.3 Å². The van der Waals surface area contributed by atoms with Gasteiger partial charge < -0.3 is 46.8 Å². The van der Waals surface area contributed by atoms with Gasteiger partial charge >= 0.3 is 0 Å². The third-order valence-electron chi connectivity index (χ3n) is 8.69. The maximum absolute atomic E-state index is 13.4. The third kappa shape index (κ3) is 15.4. The molecular formula is C41H59N5O6. The van der Waals surface area contributed by atoms with Crippen LogP contribution in [0.2, 0.25) is 0 Å². The fourth-order valence-electron chi connectivity index (χ4n) is 5.89. The molecule has 1 aliphatic rings. The summed E-state index contributed by atoms with van der Waals surface area (Å²) >= 11 is 0. The van der Waals surface area contributed by atoms with E-state index in [0.29, 0.717) is 119 Å². The molecule has 0 bridgehead atoms. The van der Waals surface area contributed by atoms with Gasteiger partial charge in [0.2, 0.25) is 0 Å². The van der Waals surface area contributed by atoms with E-state index in [0.717, 1.165) is 56.9 Å². The van der Waals surface area contributed by atoms with Gasteiger partial charge in [-0.25, -0.2) is 0 Å². The molecule has 2 atom stereocenters. The van der Waals surface area contributed by atoms with E-state index in [4.69, 9.17) is 49.0 Å². The van der Waals surface area contributed by atoms with Gasteiger partial charge in [-0.3, -0.25) is 9.59 Å². The van der Waals surface area contributed by atoms with Crippen molar-refractivity contribution in [2.45, 2.75) is 102 Å². The molecule has 0 aliphatic heterocycles. The highest BCUT2D eigenvalue weighted by Crippen LogP contribution is 2.33. The van der Waals surface area contributed by atoms with Crippen LogP contribution < -0.4 is 46.8 Å². The summed E-state index contributed by atoms with van der Waals surface area (Å²) in [5, 5.41) is 6.18. The number of nitrogens with one attached hydrogen (secondary N) is 2. The topological polar surface area (TPSA) is 173 Å². The summed E-state index contributed by atoms with van der Waals surface area (Å²) in [5.41, 5.74) is 19.4. The summed E-state index contributed by atoms with van der Waals surface area (Å²) < 4.78 is 24.3. The van der Waals surface area contributed by atoms with Crippen molar-refractivity contribution in [2.75, 3.05) is 46.1 Å². The molecule has 11 heteroatoms. The van der Waals surface area contributed by atoms with Crippen LogP contribution in [0.3, 0.4) is 0 Å². The molecule has 1 aliphatic carbocycles. The quantitative estimate of drug-likeness (QED) is 0.0710. The fraction of sp³-hybridized carbons (Fsp3) is 0.561. The van der Waals surface area contributed by atoms with Gasteiger partial charge in [-0.15, -0.1) is 24.7 Å². The lowest BCUT2D eigenvalue weighted by Gasteiger charge is -2.27. The Balaban J connectivity index is 1.73. The molecule has 8 N–H and O–H groups in total. The van der Waals surface area contributed by atoms with Crippen molar-refractivity contribution < 1.29 is 28.5 Å². The van der Waals surface area contributed by atoms with Gasteiger partial charge in [0.15, 0.2) is 0 Å². The molecule has 2 aromatic rings. The molecule has 1 fully saturated rings. The number of benzene rings is 2. The number of terminal acetylenes is 2. The minimum atomic E-state index is -0.247. The van der Waals surface area contributed by atoms with Crippen molar-refractivity contribution in [3.8, 4) is 47.7 Å². The van der Waals surface area contributed by atoms with Crippen molar-refractivity contribution >= 4 is 11.8 Å². The Hall–Kier alpha value is -4.42. The summed E-state index contributed by atoms with van der Waals surface area (Å²) in [5.74, 6) is 7.07. The number of carbonyl (C=O) groups excluding carboxylic acids is 2. The fourth-order valence-corrected chi connectivity index (χ4v) is 5.89. The average molecular weight is 718 g/mol. The number of hydrogen-bond donors (Lipinski definition) is 5. The molecule has 0 spiro atoms. The molecule has 0 unspecified atom stereocenters. The molecule has 0 radical (unpaired) electrons. The number of ether oxygens (including phenoxy) is 4. The van der Waals surface area contributed by atoms with Crippen molar-refractivity contribution in [3.05, 3.63) is 47.0 Å². The lowest BCUT2D eigenvalue weighted by atomic mass is 9.91. The Bertz CT molecular complexity index is 1400. The molecule has 284 valence electrons. The Kier molecular flexibility index (Phi) is 20.0. The zero-order valence-electron chi connectivity index (χ0n) is 30.7. The van der Waals surface area contributed by atoms with Gasteiger partial charge in [0.25, 0.3) is 11.8 Å². The second-order valence-electron chi connectivity index (χ2n) is 13.1. The molecular weight excluding hydrogens is 658 g/mol. The van der Waals surface area contributed by atoms with Gasteiger partial charge in [0.05, 0.1) is 26.4 Å². The van der Waals surface area contributed by atoms with Crippen LogP contribution >= 0.6 is 0 Å². The Labute approximate surface area is 310 Å². The summed E-state index contributed by atoms with van der Waals surface area (Å²) in [7, 11) is 0. The first-order valence-electron chi connectivity index (χ1n) is 18.8. The lowest BCUT2D eigenvalue weighted by molar-refractivity contribution is 0.0922. The third-order valence-corrected chi connectivity index (χ3v) is 8.69. The Morgan fingerprint density at radius 2 is 1.27 bits per heavy atom. The number of hydrogen-bond acceptors (Lipinski definition) is 9. The lowest BCUT2D eigenvalue weighted by Crippen LogP contribution is -2.42. The standard InChI is InChI=1S/C41H59N5O6/c1-3-5-7-9-21-49-35-25-31(26-36(30-35)50-22-10-8-6-4-2)40(47)45-20-12-17-37-38(51-23-13-18-42)27-32(28-39(37)52-24-14-19-43)41(48)46-34-16-11-15-33(44)29-34/h1-2,25-28,30,33-34H,5-24,29,42-44H2,(H,45,47)(H,46,48)/t33-,34+/m1/s1. The summed E-state index contributed by atoms with van der Waals surface area (Å²) in [4.78, 5) is 26.8. The Morgan fingerprint density at radius 1 is 0.712 bits per heavy atom. The summed E-state index contributed by atoms with van der Waals surface area (Å²) in [6.45, 7) is 3.07. The first-order valence-corrected chi connectivity index (χ1v) is 18.8. The summed E-state index contributed by atoms with van der Waals surface area (Å²) in [6, 6.07) is 8.89. The minimum Gasteiger partial charge on any atom is -0.493 e. The van der Waals surface area contributed by atoms with E-state index in [1.807, 2.05) is 0 Å². The van der Waals surface area contributed by atoms with Crippen LogP contribution in [0, 0.1) is 24.7 Å². The largest absolute Gasteiger partial charge is 0.493 e. The number of unbranched alkanes of at least 4 members (excludes halogenated alkanes) is 4. The monoisotopic (exact) mass is 717 g/mol. The van der Waals surface area contributed by atoms with Gasteiger partial charge in [-0.05, 0) is 114 Å². The number of nitrogens with two attached hydrogens (primary N) is 3. The van der Waals surface area contributed by atoms with E-state index in [2.05, 4.69) is 22.5 Å². The SMILES string of the molecule is C#CCCCCOc1cc(OCCCCC#C)cc(C(=O)NCCCc2c(OCCCN)cc(C(=O)N[C@H]3CCC[C@@H](N)C3)cc2OCCCN)c1. The molecule has 0 saturated heterocycles. The smallest absolute Gasteiger partial charge is 0.251 e. The zero-order valence-corrected chi connectivity index (χ0v) is 30.7. The van der Waals surface area contributed by atoms with Crippen LogP contribution in [0.4, 0.5) is 0 Å².